The third-order valence-corrected chi connectivity index (χ3v) is 5.52. The van der Waals surface area contributed by atoms with Crippen LogP contribution in [0.25, 0.3) is 0 Å². The largest absolute Gasteiger partial charge is 0.356 e. The van der Waals surface area contributed by atoms with Crippen LogP contribution in [0.15, 0.2) is 34.2 Å². The third kappa shape index (κ3) is 6.51. The van der Waals surface area contributed by atoms with Crippen LogP contribution < -0.4 is 10.6 Å². The summed E-state index contributed by atoms with van der Waals surface area (Å²) in [6, 6.07) is 7.19. The van der Waals surface area contributed by atoms with E-state index in [-0.39, 0.29) is 11.2 Å². The predicted molar refractivity (Wildman–Crippen MR) is 101 cm³/mol. The second kappa shape index (κ2) is 9.06. The lowest BCUT2D eigenvalue weighted by Gasteiger charge is -2.19. The lowest BCUT2D eigenvalue weighted by atomic mass is 9.87. The summed E-state index contributed by atoms with van der Waals surface area (Å²) in [7, 11) is -1.62. The monoisotopic (exact) mass is 353 g/mol. The van der Waals surface area contributed by atoms with E-state index in [0.29, 0.717) is 17.4 Å². The zero-order valence-electron chi connectivity index (χ0n) is 15.5. The molecule has 0 unspecified atom stereocenters. The molecule has 0 aliphatic carbocycles. The van der Waals surface area contributed by atoms with E-state index in [1.165, 1.54) is 0 Å². The summed E-state index contributed by atoms with van der Waals surface area (Å²) in [6.45, 7) is 9.61. The maximum Gasteiger partial charge on any atom is 0.191 e. The Balaban J connectivity index is 2.60. The normalized spacial score (nSPS) is 13.0. The number of rotatable bonds is 7. The Hall–Kier alpha value is -1.56. The zero-order chi connectivity index (χ0) is 18.2. The molecule has 0 fully saturated rings. The van der Waals surface area contributed by atoms with Crippen molar-refractivity contribution in [2.75, 3.05) is 25.9 Å². The summed E-state index contributed by atoms with van der Waals surface area (Å²) in [6.07, 6.45) is 2.15. The maximum absolute atomic E-state index is 12.4. The Morgan fingerprint density at radius 3 is 2.17 bits per heavy atom. The van der Waals surface area contributed by atoms with E-state index in [0.717, 1.165) is 24.9 Å². The minimum Gasteiger partial charge on any atom is -0.356 e. The molecule has 0 aromatic heterocycles. The standard InChI is InChI=1S/C18H31N3O2S/c1-6-7-12-20-17(19-5)21-13-14-24(22,23)16-10-8-15(9-11-16)18(2,3)4/h8-11H,6-7,12-14H2,1-5H3,(H2,19,20,21). The van der Waals surface area contributed by atoms with Crippen LogP contribution in [-0.2, 0) is 15.3 Å². The molecule has 0 radical (unpaired) electrons. The molecular weight excluding hydrogens is 322 g/mol. The van der Waals surface area contributed by atoms with E-state index >= 15 is 0 Å². The molecule has 6 heteroatoms. The summed E-state index contributed by atoms with van der Waals surface area (Å²) in [5.74, 6) is 0.679. The number of guanidine groups is 1. The second-order valence-corrected chi connectivity index (χ2v) is 8.98. The van der Waals surface area contributed by atoms with Crippen molar-refractivity contribution in [2.45, 2.75) is 50.8 Å². The Labute approximate surface area is 146 Å². The Morgan fingerprint density at radius 2 is 1.67 bits per heavy atom. The Morgan fingerprint density at radius 1 is 1.08 bits per heavy atom. The summed E-state index contributed by atoms with van der Waals surface area (Å²) in [5, 5.41) is 6.21. The van der Waals surface area contributed by atoms with Gasteiger partial charge < -0.3 is 10.6 Å². The highest BCUT2D eigenvalue weighted by atomic mass is 32.2. The van der Waals surface area contributed by atoms with Crippen LogP contribution in [0, 0.1) is 0 Å². The van der Waals surface area contributed by atoms with Crippen LogP contribution >= 0.6 is 0 Å². The molecular formula is C18H31N3O2S. The van der Waals surface area contributed by atoms with Gasteiger partial charge in [-0.05, 0) is 29.5 Å². The number of unbranched alkanes of at least 4 members (excludes halogenated alkanes) is 1. The SMILES string of the molecule is CCCCNC(=NC)NCCS(=O)(=O)c1ccc(C(C)(C)C)cc1. The smallest absolute Gasteiger partial charge is 0.191 e. The average Bonchev–Trinajstić information content (AvgIpc) is 2.52. The molecule has 0 bridgehead atoms. The molecule has 0 heterocycles. The van der Waals surface area contributed by atoms with E-state index < -0.39 is 9.84 Å². The fourth-order valence-corrected chi connectivity index (χ4v) is 3.35. The van der Waals surface area contributed by atoms with Gasteiger partial charge in [0.05, 0.1) is 10.6 Å². The fraction of sp³-hybridized carbons (Fsp3) is 0.611. The first-order chi connectivity index (χ1) is 11.2. The van der Waals surface area contributed by atoms with Crippen LogP contribution in [0.3, 0.4) is 0 Å². The van der Waals surface area contributed by atoms with E-state index in [2.05, 4.69) is 43.3 Å². The molecule has 1 aromatic rings. The van der Waals surface area contributed by atoms with Crippen molar-refractivity contribution in [2.24, 2.45) is 4.99 Å². The maximum atomic E-state index is 12.4. The van der Waals surface area contributed by atoms with Crippen LogP contribution in [0.1, 0.15) is 46.1 Å². The first-order valence-electron chi connectivity index (χ1n) is 8.48. The first-order valence-corrected chi connectivity index (χ1v) is 10.1. The summed E-state index contributed by atoms with van der Waals surface area (Å²) in [4.78, 5) is 4.46. The molecule has 1 aromatic carbocycles. The highest BCUT2D eigenvalue weighted by Gasteiger charge is 2.17. The van der Waals surface area contributed by atoms with Crippen molar-refractivity contribution >= 4 is 15.8 Å². The third-order valence-electron chi connectivity index (χ3n) is 3.79. The molecule has 0 aliphatic rings. The number of benzene rings is 1. The molecule has 1 rings (SSSR count). The Kier molecular flexibility index (Phi) is 7.73. The molecule has 0 spiro atoms. The quantitative estimate of drug-likeness (QED) is 0.449. The van der Waals surface area contributed by atoms with Gasteiger partial charge in [-0.1, -0.05) is 46.2 Å². The van der Waals surface area contributed by atoms with Gasteiger partial charge in [-0.3, -0.25) is 4.99 Å². The van der Waals surface area contributed by atoms with Gasteiger partial charge in [0.25, 0.3) is 0 Å². The van der Waals surface area contributed by atoms with E-state index in [1.807, 2.05) is 12.1 Å². The van der Waals surface area contributed by atoms with E-state index in [1.54, 1.807) is 19.2 Å². The lowest BCUT2D eigenvalue weighted by Crippen LogP contribution is -2.39. The number of hydrogen-bond acceptors (Lipinski definition) is 3. The molecule has 0 saturated heterocycles. The summed E-state index contributed by atoms with van der Waals surface area (Å²) >= 11 is 0. The highest BCUT2D eigenvalue weighted by Crippen LogP contribution is 2.23. The van der Waals surface area contributed by atoms with E-state index in [4.69, 9.17) is 0 Å². The highest BCUT2D eigenvalue weighted by molar-refractivity contribution is 7.91. The number of nitrogens with zero attached hydrogens (tertiary/aromatic N) is 1. The molecule has 5 nitrogen and oxygen atoms in total. The molecule has 0 atom stereocenters. The fourth-order valence-electron chi connectivity index (χ4n) is 2.19. The van der Waals surface area contributed by atoms with Crippen LogP contribution in [0.4, 0.5) is 0 Å². The Bertz CT molecular complexity index is 629. The van der Waals surface area contributed by atoms with Gasteiger partial charge >= 0.3 is 0 Å². The van der Waals surface area contributed by atoms with Crippen molar-refractivity contribution in [3.63, 3.8) is 0 Å². The zero-order valence-corrected chi connectivity index (χ0v) is 16.3. The van der Waals surface area contributed by atoms with Gasteiger partial charge in [-0.15, -0.1) is 0 Å². The minimum atomic E-state index is -3.30. The van der Waals surface area contributed by atoms with E-state index in [9.17, 15) is 8.42 Å². The molecule has 24 heavy (non-hydrogen) atoms. The average molecular weight is 354 g/mol. The van der Waals surface area contributed by atoms with Crippen LogP contribution in [-0.4, -0.2) is 40.3 Å². The lowest BCUT2D eigenvalue weighted by molar-refractivity contribution is 0.586. The van der Waals surface area contributed by atoms with Gasteiger partial charge in [-0.25, -0.2) is 8.42 Å². The number of nitrogens with one attached hydrogen (secondary N) is 2. The number of sulfone groups is 1. The van der Waals surface area contributed by atoms with Gasteiger partial charge in [-0.2, -0.15) is 0 Å². The van der Waals surface area contributed by atoms with Crippen molar-refractivity contribution in [1.82, 2.24) is 10.6 Å². The van der Waals surface area contributed by atoms with Gasteiger partial charge in [0, 0.05) is 20.1 Å². The molecule has 2 N–H and O–H groups in total. The minimum absolute atomic E-state index is 0.0144. The van der Waals surface area contributed by atoms with Crippen molar-refractivity contribution in [1.29, 1.82) is 0 Å². The molecule has 0 saturated carbocycles. The van der Waals surface area contributed by atoms with Gasteiger partial charge in [0.15, 0.2) is 15.8 Å². The molecule has 0 aliphatic heterocycles. The van der Waals surface area contributed by atoms with Crippen LogP contribution in [0.5, 0.6) is 0 Å². The topological polar surface area (TPSA) is 70.6 Å². The van der Waals surface area contributed by atoms with Crippen molar-refractivity contribution < 1.29 is 8.42 Å². The number of aliphatic imine (C=N–C) groups is 1. The second-order valence-electron chi connectivity index (χ2n) is 6.87. The van der Waals surface area contributed by atoms with Crippen LogP contribution in [0.2, 0.25) is 0 Å². The molecule has 0 amide bonds. The van der Waals surface area contributed by atoms with Gasteiger partial charge in [0.2, 0.25) is 0 Å². The number of hydrogen-bond donors (Lipinski definition) is 2. The van der Waals surface area contributed by atoms with Gasteiger partial charge in [0.1, 0.15) is 0 Å². The summed E-state index contributed by atoms with van der Waals surface area (Å²) in [5.41, 5.74) is 1.14. The molecule has 136 valence electrons. The predicted octanol–water partition coefficient (Wildman–Crippen LogP) is 2.72. The summed E-state index contributed by atoms with van der Waals surface area (Å²) < 4.78 is 24.8. The van der Waals surface area contributed by atoms with Crippen molar-refractivity contribution in [3.05, 3.63) is 29.8 Å². The first kappa shape index (κ1) is 20.5. The van der Waals surface area contributed by atoms with Crippen molar-refractivity contribution in [3.8, 4) is 0 Å².